The zero-order valence-electron chi connectivity index (χ0n) is 20.7. The first kappa shape index (κ1) is 23.1. The van der Waals surface area contributed by atoms with Crippen molar-refractivity contribution < 1.29 is 18.1 Å². The first-order valence-corrected chi connectivity index (χ1v) is 12.8. The van der Waals surface area contributed by atoms with Crippen molar-refractivity contribution in [2.24, 2.45) is 5.92 Å². The number of aryl methyl sites for hydroxylation is 2. The minimum Gasteiger partial charge on any atom is -0.361 e. The minimum atomic E-state index is -2.53. The van der Waals surface area contributed by atoms with Crippen LogP contribution < -0.4 is 0 Å². The van der Waals surface area contributed by atoms with Crippen molar-refractivity contribution in [1.82, 2.24) is 9.72 Å². The topological polar surface area (TPSA) is 48.0 Å². The lowest BCUT2D eigenvalue weighted by molar-refractivity contribution is -0.109. The molecule has 0 saturated heterocycles. The highest BCUT2D eigenvalue weighted by Gasteiger charge is 2.44. The first-order valence-electron chi connectivity index (χ1n) is 12.8. The maximum atomic E-state index is 13.8. The van der Waals surface area contributed by atoms with Gasteiger partial charge in [-0.3, -0.25) is 0 Å². The Labute approximate surface area is 209 Å². The number of aldehydes is 1. The molecule has 36 heavy (non-hydrogen) atoms. The number of benzene rings is 2. The van der Waals surface area contributed by atoms with E-state index in [9.17, 15) is 13.6 Å². The van der Waals surface area contributed by atoms with Crippen LogP contribution in [0.5, 0.6) is 0 Å². The lowest BCUT2D eigenvalue weighted by Gasteiger charge is -2.28. The van der Waals surface area contributed by atoms with E-state index in [4.69, 9.17) is 4.52 Å². The van der Waals surface area contributed by atoms with Crippen molar-refractivity contribution in [3.8, 4) is 22.3 Å². The second-order valence-electron chi connectivity index (χ2n) is 10.8. The molecule has 0 N–H and O–H groups in total. The molecule has 186 valence electrons. The SMILES string of the molecule is Cc1noc(C)c1-c1ccc2c(-c3ccc(C4(C=O)CC4)cc3)cn(CC3CCC(F)(F)CC3)c2c1. The average molecular weight is 489 g/mol. The molecule has 0 radical (unpaired) electrons. The highest BCUT2D eigenvalue weighted by molar-refractivity contribution is 5.98. The van der Waals surface area contributed by atoms with Crippen LogP contribution in [0.3, 0.4) is 0 Å². The second kappa shape index (κ2) is 8.39. The molecule has 6 rings (SSSR count). The van der Waals surface area contributed by atoms with Crippen molar-refractivity contribution in [2.45, 2.75) is 70.3 Å². The third kappa shape index (κ3) is 3.97. The Bertz CT molecular complexity index is 1410. The molecule has 2 saturated carbocycles. The molecule has 2 aliphatic rings. The van der Waals surface area contributed by atoms with Gasteiger partial charge in [0.2, 0.25) is 5.92 Å². The Kier molecular flexibility index (Phi) is 5.39. The molecule has 0 atom stereocenters. The summed E-state index contributed by atoms with van der Waals surface area (Å²) >= 11 is 0. The summed E-state index contributed by atoms with van der Waals surface area (Å²) in [6.45, 7) is 4.57. The van der Waals surface area contributed by atoms with Crippen LogP contribution in [0.15, 0.2) is 53.2 Å². The van der Waals surface area contributed by atoms with E-state index in [0.29, 0.717) is 19.4 Å². The van der Waals surface area contributed by atoms with Crippen molar-refractivity contribution in [1.29, 1.82) is 0 Å². The summed E-state index contributed by atoms with van der Waals surface area (Å²) in [4.78, 5) is 11.6. The molecular weight excluding hydrogens is 458 g/mol. The number of carbonyl (C=O) groups is 1. The first-order chi connectivity index (χ1) is 17.3. The van der Waals surface area contributed by atoms with E-state index < -0.39 is 5.92 Å². The van der Waals surface area contributed by atoms with Crippen LogP contribution in [0.2, 0.25) is 0 Å². The fourth-order valence-corrected chi connectivity index (χ4v) is 5.88. The molecule has 0 unspecified atom stereocenters. The van der Waals surface area contributed by atoms with E-state index in [0.717, 1.165) is 69.3 Å². The lowest BCUT2D eigenvalue weighted by Crippen LogP contribution is -2.26. The van der Waals surface area contributed by atoms with Gasteiger partial charge in [0, 0.05) is 47.6 Å². The van der Waals surface area contributed by atoms with Crippen molar-refractivity contribution >= 4 is 17.2 Å². The molecular formula is C30H30F2N2O2. The average Bonchev–Trinajstić information content (AvgIpc) is 3.50. The van der Waals surface area contributed by atoms with Gasteiger partial charge in [-0.15, -0.1) is 0 Å². The molecule has 2 heterocycles. The van der Waals surface area contributed by atoms with Gasteiger partial charge in [0.1, 0.15) is 12.0 Å². The van der Waals surface area contributed by atoms with Gasteiger partial charge in [0.05, 0.1) is 11.1 Å². The number of hydrogen-bond acceptors (Lipinski definition) is 3. The molecule has 2 aromatic heterocycles. The molecule has 0 spiro atoms. The second-order valence-corrected chi connectivity index (χ2v) is 10.8. The number of alkyl halides is 2. The molecule has 4 nitrogen and oxygen atoms in total. The highest BCUT2D eigenvalue weighted by Crippen LogP contribution is 2.47. The van der Waals surface area contributed by atoms with Gasteiger partial charge in [-0.25, -0.2) is 8.78 Å². The van der Waals surface area contributed by atoms with Crippen LogP contribution in [-0.2, 0) is 16.8 Å². The van der Waals surface area contributed by atoms with E-state index in [1.807, 2.05) is 13.8 Å². The molecule has 0 bridgehead atoms. The van der Waals surface area contributed by atoms with Crippen LogP contribution in [0.25, 0.3) is 33.2 Å². The van der Waals surface area contributed by atoms with Crippen LogP contribution in [0.4, 0.5) is 8.78 Å². The van der Waals surface area contributed by atoms with Gasteiger partial charge < -0.3 is 13.9 Å². The number of rotatable bonds is 6. The third-order valence-corrected chi connectivity index (χ3v) is 8.28. The summed E-state index contributed by atoms with van der Waals surface area (Å²) in [5.74, 6) is -1.53. The minimum absolute atomic E-state index is 0.0337. The Morgan fingerprint density at radius 3 is 2.33 bits per heavy atom. The van der Waals surface area contributed by atoms with Crippen LogP contribution in [0.1, 0.15) is 55.5 Å². The molecule has 0 amide bonds. The van der Waals surface area contributed by atoms with E-state index in [2.05, 4.69) is 58.4 Å². The predicted octanol–water partition coefficient (Wildman–Crippen LogP) is 7.64. The van der Waals surface area contributed by atoms with E-state index in [1.165, 1.54) is 0 Å². The summed E-state index contributed by atoms with van der Waals surface area (Å²) in [5, 5.41) is 5.24. The largest absolute Gasteiger partial charge is 0.361 e. The third-order valence-electron chi connectivity index (χ3n) is 8.28. The molecule has 2 fully saturated rings. The predicted molar refractivity (Wildman–Crippen MR) is 136 cm³/mol. The van der Waals surface area contributed by atoms with E-state index in [1.54, 1.807) is 0 Å². The van der Waals surface area contributed by atoms with E-state index in [-0.39, 0.29) is 24.2 Å². The van der Waals surface area contributed by atoms with Gasteiger partial charge in [-0.2, -0.15) is 0 Å². The van der Waals surface area contributed by atoms with Gasteiger partial charge in [0.25, 0.3) is 0 Å². The Morgan fingerprint density at radius 2 is 1.72 bits per heavy atom. The Morgan fingerprint density at radius 1 is 1.03 bits per heavy atom. The molecule has 4 aromatic rings. The number of aromatic nitrogens is 2. The monoisotopic (exact) mass is 488 g/mol. The zero-order chi connectivity index (χ0) is 25.1. The van der Waals surface area contributed by atoms with Crippen molar-refractivity contribution in [3.63, 3.8) is 0 Å². The van der Waals surface area contributed by atoms with Gasteiger partial charge in [-0.05, 0) is 68.2 Å². The number of nitrogens with zero attached hydrogens (tertiary/aromatic N) is 2. The summed E-state index contributed by atoms with van der Waals surface area (Å²) in [6.07, 6.45) is 6.08. The fourth-order valence-electron chi connectivity index (χ4n) is 5.88. The van der Waals surface area contributed by atoms with Crippen LogP contribution >= 0.6 is 0 Å². The number of hydrogen-bond donors (Lipinski definition) is 0. The van der Waals surface area contributed by atoms with Crippen LogP contribution in [0, 0.1) is 19.8 Å². The normalized spacial score (nSPS) is 19.0. The quantitative estimate of drug-likeness (QED) is 0.262. The van der Waals surface area contributed by atoms with Crippen molar-refractivity contribution in [3.05, 3.63) is 65.7 Å². The van der Waals surface area contributed by atoms with Gasteiger partial charge in [-0.1, -0.05) is 41.6 Å². The Hall–Kier alpha value is -3.28. The summed E-state index contributed by atoms with van der Waals surface area (Å²) in [6, 6.07) is 14.7. The number of carbonyl (C=O) groups excluding carboxylic acids is 1. The number of fused-ring (bicyclic) bond motifs is 1. The summed E-state index contributed by atoms with van der Waals surface area (Å²) < 4.78 is 35.2. The maximum absolute atomic E-state index is 13.8. The summed E-state index contributed by atoms with van der Waals surface area (Å²) in [5.41, 5.74) is 6.94. The van der Waals surface area contributed by atoms with E-state index >= 15 is 0 Å². The van der Waals surface area contributed by atoms with Gasteiger partial charge >= 0.3 is 0 Å². The smallest absolute Gasteiger partial charge is 0.248 e. The maximum Gasteiger partial charge on any atom is 0.248 e. The summed E-state index contributed by atoms with van der Waals surface area (Å²) in [7, 11) is 0. The van der Waals surface area contributed by atoms with Crippen molar-refractivity contribution in [2.75, 3.05) is 0 Å². The zero-order valence-corrected chi connectivity index (χ0v) is 20.7. The highest BCUT2D eigenvalue weighted by atomic mass is 19.3. The standard InChI is InChI=1S/C30H30F2N2O2/c1-19-28(20(2)36-33-19)23-5-8-25-26(22-3-6-24(7-4-22)29(18-35)13-14-29)17-34(27(25)15-23)16-21-9-11-30(31,32)12-10-21/h3-8,15,17-18,21H,9-14,16H2,1-2H3. The number of halogens is 2. The fraction of sp³-hybridized carbons (Fsp3) is 0.400. The molecule has 0 aliphatic heterocycles. The lowest BCUT2D eigenvalue weighted by atomic mass is 9.87. The van der Waals surface area contributed by atoms with Gasteiger partial charge in [0.15, 0.2) is 0 Å². The van der Waals surface area contributed by atoms with Crippen LogP contribution in [-0.4, -0.2) is 21.9 Å². The molecule has 6 heteroatoms. The molecule has 2 aliphatic carbocycles. The Balaban J connectivity index is 1.41. The molecule has 2 aromatic carbocycles.